The molecule has 0 fully saturated rings. The molecule has 1 heterocycles. The second-order valence-electron chi connectivity index (χ2n) is 4.03. The topological polar surface area (TPSA) is 40.7 Å². The van der Waals surface area contributed by atoms with Crippen molar-refractivity contribution in [3.8, 4) is 0 Å². The number of nitrogens with one attached hydrogen (secondary N) is 2. The molecule has 0 saturated heterocycles. The summed E-state index contributed by atoms with van der Waals surface area (Å²) in [6, 6.07) is 3.36. The summed E-state index contributed by atoms with van der Waals surface area (Å²) in [4.78, 5) is 7.03. The van der Waals surface area contributed by atoms with Crippen LogP contribution in [0.25, 0.3) is 0 Å². The largest absolute Gasteiger partial charge is 0.416 e. The number of nitrogens with zero attached hydrogens (tertiary/aromatic N) is 1. The van der Waals surface area contributed by atoms with Gasteiger partial charge in [0.15, 0.2) is 0 Å². The van der Waals surface area contributed by atoms with Crippen LogP contribution in [0.3, 0.4) is 0 Å². The third-order valence-electron chi connectivity index (χ3n) is 2.60. The predicted molar refractivity (Wildman–Crippen MR) is 69.8 cm³/mol. The van der Waals surface area contributed by atoms with Gasteiger partial charge in [-0.05, 0) is 41.1 Å². The number of aromatic nitrogens is 2. The highest BCUT2D eigenvalue weighted by molar-refractivity contribution is 9.10. The molecular formula is C12H11BrF3N3. The number of H-pyrrole nitrogens is 1. The summed E-state index contributed by atoms with van der Waals surface area (Å²) < 4.78 is 37.9. The molecule has 2 N–H and O–H groups in total. The van der Waals surface area contributed by atoms with Crippen LogP contribution >= 0.6 is 15.9 Å². The van der Waals surface area contributed by atoms with Gasteiger partial charge in [-0.3, -0.25) is 0 Å². The van der Waals surface area contributed by atoms with E-state index in [4.69, 9.17) is 0 Å². The fourth-order valence-electron chi connectivity index (χ4n) is 1.62. The third kappa shape index (κ3) is 3.28. The Kier molecular flexibility index (Phi) is 3.84. The number of anilines is 1. The van der Waals surface area contributed by atoms with Crippen LogP contribution in [0.5, 0.6) is 0 Å². The Bertz CT molecular complexity index is 552. The van der Waals surface area contributed by atoms with E-state index in [1.807, 2.05) is 6.92 Å². The third-order valence-corrected chi connectivity index (χ3v) is 3.25. The Morgan fingerprint density at radius 1 is 1.37 bits per heavy atom. The van der Waals surface area contributed by atoms with Gasteiger partial charge in [0.2, 0.25) is 0 Å². The number of rotatable bonds is 3. The molecule has 0 spiro atoms. The maximum Gasteiger partial charge on any atom is 0.416 e. The Hall–Kier alpha value is -1.50. The van der Waals surface area contributed by atoms with Gasteiger partial charge >= 0.3 is 6.18 Å². The Morgan fingerprint density at radius 2 is 2.11 bits per heavy atom. The van der Waals surface area contributed by atoms with E-state index < -0.39 is 11.7 Å². The number of benzene rings is 1. The second-order valence-corrected chi connectivity index (χ2v) is 4.89. The maximum absolute atomic E-state index is 12.5. The van der Waals surface area contributed by atoms with Crippen LogP contribution in [0, 0.1) is 0 Å². The summed E-state index contributed by atoms with van der Waals surface area (Å²) in [6.07, 6.45) is -1.03. The fourth-order valence-corrected chi connectivity index (χ4v) is 2.12. The minimum Gasteiger partial charge on any atom is -0.374 e. The molecule has 1 aromatic heterocycles. The fraction of sp³-hybridized carbons (Fsp3) is 0.250. The van der Waals surface area contributed by atoms with Gasteiger partial charge in [0.25, 0.3) is 0 Å². The zero-order valence-corrected chi connectivity index (χ0v) is 11.5. The number of imidazole rings is 1. The van der Waals surface area contributed by atoms with Gasteiger partial charge in [-0.2, -0.15) is 13.2 Å². The van der Waals surface area contributed by atoms with Gasteiger partial charge in [0, 0.05) is 22.6 Å². The summed E-state index contributed by atoms with van der Waals surface area (Å²) in [5.74, 6) is 0.715. The van der Waals surface area contributed by atoms with Crippen molar-refractivity contribution in [1.29, 1.82) is 0 Å². The van der Waals surface area contributed by atoms with E-state index in [1.54, 1.807) is 12.4 Å². The van der Waals surface area contributed by atoms with Crippen LogP contribution in [-0.4, -0.2) is 9.97 Å². The first-order valence-corrected chi connectivity index (χ1v) is 6.30. The quantitative estimate of drug-likeness (QED) is 0.875. The first kappa shape index (κ1) is 13.9. The molecule has 0 amide bonds. The molecule has 2 aromatic rings. The molecule has 1 aromatic carbocycles. The standard InChI is InChI=1S/C12H11BrF3N3/c1-7(11-17-4-5-18-11)19-10-3-2-8(6-9(10)13)12(14,15)16/h2-7,19H,1H3,(H,17,18). The van der Waals surface area contributed by atoms with Crippen molar-refractivity contribution in [2.45, 2.75) is 19.1 Å². The highest BCUT2D eigenvalue weighted by Gasteiger charge is 2.30. The molecule has 0 bridgehead atoms. The van der Waals surface area contributed by atoms with Crippen molar-refractivity contribution < 1.29 is 13.2 Å². The molecule has 0 aliphatic heterocycles. The summed E-state index contributed by atoms with van der Waals surface area (Å²) in [5, 5.41) is 3.08. The molecule has 0 aliphatic rings. The zero-order valence-electron chi connectivity index (χ0n) is 9.92. The van der Waals surface area contributed by atoms with Gasteiger partial charge in [0.1, 0.15) is 5.82 Å². The van der Waals surface area contributed by atoms with Gasteiger partial charge in [-0.15, -0.1) is 0 Å². The van der Waals surface area contributed by atoms with Gasteiger partial charge in [-0.25, -0.2) is 4.98 Å². The zero-order chi connectivity index (χ0) is 14.0. The molecule has 0 saturated carbocycles. The second kappa shape index (κ2) is 5.24. The highest BCUT2D eigenvalue weighted by Crippen LogP contribution is 2.34. The number of hydrogen-bond donors (Lipinski definition) is 2. The molecule has 0 aliphatic carbocycles. The molecular weight excluding hydrogens is 323 g/mol. The summed E-state index contributed by atoms with van der Waals surface area (Å²) in [6.45, 7) is 1.86. The predicted octanol–water partition coefficient (Wildman–Crippen LogP) is 4.36. The van der Waals surface area contributed by atoms with Gasteiger partial charge in [0.05, 0.1) is 11.6 Å². The maximum atomic E-state index is 12.5. The van der Waals surface area contributed by atoms with E-state index >= 15 is 0 Å². The molecule has 2 rings (SSSR count). The van der Waals surface area contributed by atoms with Crippen molar-refractivity contribution in [3.63, 3.8) is 0 Å². The van der Waals surface area contributed by atoms with Gasteiger partial charge < -0.3 is 10.3 Å². The van der Waals surface area contributed by atoms with Crippen LogP contribution in [0.1, 0.15) is 24.4 Å². The van der Waals surface area contributed by atoms with Crippen LogP contribution in [0.2, 0.25) is 0 Å². The van der Waals surface area contributed by atoms with E-state index in [1.165, 1.54) is 6.07 Å². The lowest BCUT2D eigenvalue weighted by Gasteiger charge is -2.16. The summed E-state index contributed by atoms with van der Waals surface area (Å²) in [7, 11) is 0. The number of aromatic amines is 1. The van der Waals surface area contributed by atoms with Crippen LogP contribution in [0.15, 0.2) is 35.1 Å². The monoisotopic (exact) mass is 333 g/mol. The lowest BCUT2D eigenvalue weighted by Crippen LogP contribution is -2.10. The van der Waals surface area contributed by atoms with Crippen molar-refractivity contribution >= 4 is 21.6 Å². The molecule has 102 valence electrons. The lowest BCUT2D eigenvalue weighted by molar-refractivity contribution is -0.137. The van der Waals surface area contributed by atoms with Crippen molar-refractivity contribution in [3.05, 3.63) is 46.5 Å². The average Bonchev–Trinajstić information content (AvgIpc) is 2.84. The first-order chi connectivity index (χ1) is 8.88. The Balaban J connectivity index is 2.18. The summed E-state index contributed by atoms with van der Waals surface area (Å²) in [5.41, 5.74) is -0.104. The Labute approximate surface area is 116 Å². The SMILES string of the molecule is CC(Nc1ccc(C(F)(F)F)cc1Br)c1ncc[nH]1. The molecule has 19 heavy (non-hydrogen) atoms. The molecule has 0 radical (unpaired) electrons. The Morgan fingerprint density at radius 3 is 2.63 bits per heavy atom. The van der Waals surface area contributed by atoms with Crippen molar-refractivity contribution in [1.82, 2.24) is 9.97 Å². The van der Waals surface area contributed by atoms with Crippen molar-refractivity contribution in [2.75, 3.05) is 5.32 Å². The molecule has 7 heteroatoms. The van der Waals surface area contributed by atoms with E-state index in [0.717, 1.165) is 12.1 Å². The van der Waals surface area contributed by atoms with E-state index in [2.05, 4.69) is 31.2 Å². The highest BCUT2D eigenvalue weighted by atomic mass is 79.9. The van der Waals surface area contributed by atoms with Gasteiger partial charge in [-0.1, -0.05) is 0 Å². The van der Waals surface area contributed by atoms with E-state index in [0.29, 0.717) is 16.0 Å². The number of halogens is 4. The van der Waals surface area contributed by atoms with Crippen LogP contribution in [0.4, 0.5) is 18.9 Å². The van der Waals surface area contributed by atoms with E-state index in [-0.39, 0.29) is 6.04 Å². The molecule has 1 unspecified atom stereocenters. The van der Waals surface area contributed by atoms with Crippen molar-refractivity contribution in [2.24, 2.45) is 0 Å². The first-order valence-electron chi connectivity index (χ1n) is 5.50. The molecule has 3 nitrogen and oxygen atoms in total. The minimum absolute atomic E-state index is 0.136. The van der Waals surface area contributed by atoms with Crippen LogP contribution < -0.4 is 5.32 Å². The molecule has 1 atom stereocenters. The van der Waals surface area contributed by atoms with E-state index in [9.17, 15) is 13.2 Å². The lowest BCUT2D eigenvalue weighted by atomic mass is 10.2. The smallest absolute Gasteiger partial charge is 0.374 e. The van der Waals surface area contributed by atoms with Crippen LogP contribution in [-0.2, 0) is 6.18 Å². The number of hydrogen-bond acceptors (Lipinski definition) is 2. The summed E-state index contributed by atoms with van der Waals surface area (Å²) >= 11 is 3.14. The average molecular weight is 334 g/mol. The normalized spacial score (nSPS) is 13.3. The minimum atomic E-state index is -4.34. The number of alkyl halides is 3.